The second-order valence-corrected chi connectivity index (χ2v) is 4.72. The van der Waals surface area contributed by atoms with Gasteiger partial charge in [-0.25, -0.2) is 0 Å². The number of allylic oxidation sites excluding steroid dienone is 1. The third-order valence-electron chi connectivity index (χ3n) is 3.60. The molecule has 0 saturated carbocycles. The molecule has 0 fully saturated rings. The van der Waals surface area contributed by atoms with Crippen LogP contribution in [0.1, 0.15) is 71.7 Å². The largest absolute Gasteiger partial charge is 0.114 e. The van der Waals surface area contributed by atoms with E-state index in [0.29, 0.717) is 0 Å². The van der Waals surface area contributed by atoms with Crippen molar-refractivity contribution in [3.8, 4) is 0 Å². The van der Waals surface area contributed by atoms with E-state index in [1.165, 1.54) is 27.8 Å². The first-order chi connectivity index (χ1) is 10.8. The molecule has 0 heterocycles. The van der Waals surface area contributed by atoms with Crippen LogP contribution in [0.25, 0.3) is 5.57 Å². The fraction of sp³-hybridized carbons (Fsp3) is 0.364. The van der Waals surface area contributed by atoms with Gasteiger partial charge in [-0.3, -0.25) is 0 Å². The van der Waals surface area contributed by atoms with Gasteiger partial charge in [-0.2, -0.15) is 0 Å². The Bertz CT molecular complexity index is 586. The Morgan fingerprint density at radius 3 is 1.52 bits per heavy atom. The molecule has 0 aromatic heterocycles. The Hall–Kier alpha value is -0.586. The van der Waals surface area contributed by atoms with E-state index in [4.69, 9.17) is 7.74 Å². The molecule has 0 N–H and O–H groups in total. The second kappa shape index (κ2) is 15.7. The molecular weight excluding hydrogens is 375 g/mol. The van der Waals surface area contributed by atoms with Gasteiger partial charge in [-0.1, -0.05) is 98.0 Å². The number of benzene rings is 2. The van der Waals surface area contributed by atoms with Crippen molar-refractivity contribution in [1.82, 2.24) is 0 Å². The molecular formula is C22H33B2Y. The molecule has 2 aromatic carbocycles. The molecule has 2 aromatic rings. The molecule has 3 rings (SSSR count). The van der Waals surface area contributed by atoms with Gasteiger partial charge in [0.15, 0.2) is 0 Å². The van der Waals surface area contributed by atoms with E-state index < -0.39 is 0 Å². The maximum atomic E-state index is 5.73. The van der Waals surface area contributed by atoms with E-state index in [0.717, 1.165) is 11.9 Å². The van der Waals surface area contributed by atoms with Crippen LogP contribution < -0.4 is 0 Å². The van der Waals surface area contributed by atoms with Crippen LogP contribution in [-0.2, 0) is 39.1 Å². The van der Waals surface area contributed by atoms with Crippen molar-refractivity contribution in [1.29, 1.82) is 0 Å². The molecule has 130 valence electrons. The number of rotatable bonds is 1. The summed E-state index contributed by atoms with van der Waals surface area (Å²) < 4.78 is 0. The van der Waals surface area contributed by atoms with E-state index in [-0.39, 0.29) is 47.6 Å². The molecule has 0 aliphatic heterocycles. The first-order valence-electron chi connectivity index (χ1n) is 8.23. The molecule has 0 spiro atoms. The third kappa shape index (κ3) is 6.91. The SMILES string of the molecule is C.C.CC.CC.[B][B]C(C)=C1c2ccccc2Cc2ccccc21.[Y]. The third-order valence-corrected chi connectivity index (χ3v) is 3.60. The Balaban J connectivity index is -0.000000648. The van der Waals surface area contributed by atoms with Crippen LogP contribution in [0.3, 0.4) is 0 Å². The van der Waals surface area contributed by atoms with Crippen molar-refractivity contribution >= 4 is 20.5 Å². The standard InChI is InChI=1S/C16H13B2.2C2H6.2CH4.Y/c1-11(18-17)16-14-8-4-2-6-12(14)10-13-7-3-5-9-15(13)16;2*1-2;;;/h2-9H,10H2,1H3;2*1-2H3;2*1H4;. The predicted molar refractivity (Wildman–Crippen MR) is 115 cm³/mol. The molecule has 0 unspecified atom stereocenters. The van der Waals surface area contributed by atoms with Crippen LogP contribution in [0.15, 0.2) is 54.0 Å². The molecule has 3 heteroatoms. The quantitative estimate of drug-likeness (QED) is 0.405. The van der Waals surface area contributed by atoms with Crippen LogP contribution in [-0.4, -0.2) is 14.9 Å². The molecule has 4 radical (unpaired) electrons. The Morgan fingerprint density at radius 1 is 0.800 bits per heavy atom. The minimum Gasteiger partial charge on any atom is -0.114 e. The summed E-state index contributed by atoms with van der Waals surface area (Å²) in [5.41, 5.74) is 7.80. The van der Waals surface area contributed by atoms with Crippen molar-refractivity contribution < 1.29 is 32.7 Å². The van der Waals surface area contributed by atoms with Gasteiger partial charge in [-0.05, 0) is 34.2 Å². The fourth-order valence-electron chi connectivity index (χ4n) is 2.70. The maximum Gasteiger partial charge on any atom is 0.0906 e. The van der Waals surface area contributed by atoms with E-state index in [2.05, 4.69) is 55.5 Å². The van der Waals surface area contributed by atoms with Crippen LogP contribution in [0.2, 0.25) is 0 Å². The van der Waals surface area contributed by atoms with Crippen LogP contribution >= 0.6 is 0 Å². The zero-order chi connectivity index (χ0) is 16.5. The van der Waals surface area contributed by atoms with Crippen LogP contribution in [0.4, 0.5) is 0 Å². The van der Waals surface area contributed by atoms with Crippen LogP contribution in [0.5, 0.6) is 0 Å². The average Bonchev–Trinajstić information content (AvgIpc) is 2.62. The number of hydrogen-bond acceptors (Lipinski definition) is 0. The summed E-state index contributed by atoms with van der Waals surface area (Å²) in [6.45, 7) is 10.1. The summed E-state index contributed by atoms with van der Waals surface area (Å²) in [7, 11) is 7.44. The van der Waals surface area contributed by atoms with E-state index in [1.54, 1.807) is 7.17 Å². The molecule has 0 saturated heterocycles. The summed E-state index contributed by atoms with van der Waals surface area (Å²) in [5.74, 6) is 0. The average molecular weight is 408 g/mol. The fourth-order valence-corrected chi connectivity index (χ4v) is 2.70. The number of hydrogen-bond donors (Lipinski definition) is 0. The summed E-state index contributed by atoms with van der Waals surface area (Å²) in [6.07, 6.45) is 1.01. The first-order valence-corrected chi connectivity index (χ1v) is 8.23. The minimum absolute atomic E-state index is 0. The van der Waals surface area contributed by atoms with Crippen molar-refractivity contribution in [2.45, 2.75) is 55.9 Å². The topological polar surface area (TPSA) is 0 Å². The van der Waals surface area contributed by atoms with Gasteiger partial charge in [0.05, 0.1) is 7.17 Å². The molecule has 1 aliphatic carbocycles. The van der Waals surface area contributed by atoms with Gasteiger partial charge in [0.2, 0.25) is 0 Å². The molecule has 0 atom stereocenters. The van der Waals surface area contributed by atoms with Crippen molar-refractivity contribution in [3.63, 3.8) is 0 Å². The monoisotopic (exact) mass is 408 g/mol. The number of fused-ring (bicyclic) bond motifs is 2. The summed E-state index contributed by atoms with van der Waals surface area (Å²) >= 11 is 0. The van der Waals surface area contributed by atoms with Crippen molar-refractivity contribution in [2.24, 2.45) is 0 Å². The first kappa shape index (κ1) is 29.2. The van der Waals surface area contributed by atoms with Crippen LogP contribution in [0, 0.1) is 0 Å². The Morgan fingerprint density at radius 2 is 1.16 bits per heavy atom. The van der Waals surface area contributed by atoms with E-state index in [9.17, 15) is 0 Å². The second-order valence-electron chi connectivity index (χ2n) is 4.72. The molecule has 0 nitrogen and oxygen atoms in total. The molecule has 25 heavy (non-hydrogen) atoms. The zero-order valence-corrected chi connectivity index (χ0v) is 17.9. The normalized spacial score (nSPS) is 9.56. The van der Waals surface area contributed by atoms with E-state index in [1.807, 2.05) is 27.7 Å². The van der Waals surface area contributed by atoms with Crippen molar-refractivity contribution in [2.75, 3.05) is 0 Å². The molecule has 0 amide bonds. The Kier molecular flexibility index (Phi) is 18.3. The van der Waals surface area contributed by atoms with Gasteiger partial charge in [0, 0.05) is 40.4 Å². The molecule has 0 bridgehead atoms. The maximum absolute atomic E-state index is 5.73. The van der Waals surface area contributed by atoms with Gasteiger partial charge in [-0.15, -0.1) is 5.47 Å². The smallest absolute Gasteiger partial charge is 0.0906 e. The van der Waals surface area contributed by atoms with Gasteiger partial charge < -0.3 is 0 Å². The van der Waals surface area contributed by atoms with E-state index >= 15 is 0 Å². The summed E-state index contributed by atoms with van der Waals surface area (Å²) in [6, 6.07) is 17.2. The van der Waals surface area contributed by atoms with Gasteiger partial charge >= 0.3 is 0 Å². The minimum atomic E-state index is 0. The molecule has 1 aliphatic rings. The zero-order valence-electron chi connectivity index (χ0n) is 15.1. The van der Waals surface area contributed by atoms with Gasteiger partial charge in [0.1, 0.15) is 0 Å². The predicted octanol–water partition coefficient (Wildman–Crippen LogP) is 6.48. The van der Waals surface area contributed by atoms with Gasteiger partial charge in [0.25, 0.3) is 0 Å². The summed E-state index contributed by atoms with van der Waals surface area (Å²) in [5, 5.41) is 0. The Labute approximate surface area is 184 Å². The summed E-state index contributed by atoms with van der Waals surface area (Å²) in [4.78, 5) is 0. The van der Waals surface area contributed by atoms with Crippen molar-refractivity contribution in [3.05, 3.63) is 76.3 Å².